The van der Waals surface area contributed by atoms with Gasteiger partial charge in [0.1, 0.15) is 0 Å². The summed E-state index contributed by atoms with van der Waals surface area (Å²) in [5.74, 6) is -2.28. The lowest BCUT2D eigenvalue weighted by Gasteiger charge is -2.18. The summed E-state index contributed by atoms with van der Waals surface area (Å²) in [4.78, 5) is 25.8. The van der Waals surface area contributed by atoms with Gasteiger partial charge >= 0.3 is 6.18 Å². The van der Waals surface area contributed by atoms with Crippen molar-refractivity contribution in [1.29, 1.82) is 5.26 Å². The largest absolute Gasteiger partial charge is 0.416 e. The average Bonchev–Trinajstić information content (AvgIpc) is 3.07. The lowest BCUT2D eigenvalue weighted by atomic mass is 9.97. The van der Waals surface area contributed by atoms with E-state index in [-0.39, 0.29) is 12.8 Å². The van der Waals surface area contributed by atoms with Crippen molar-refractivity contribution in [3.63, 3.8) is 0 Å². The van der Waals surface area contributed by atoms with Gasteiger partial charge in [0.25, 0.3) is 0 Å². The number of nitrogens with zero attached hydrogens (tertiary/aromatic N) is 2. The molecule has 4 nitrogen and oxygen atoms in total. The van der Waals surface area contributed by atoms with Crippen LogP contribution in [0.4, 0.5) is 13.2 Å². The number of amides is 1. The predicted molar refractivity (Wildman–Crippen MR) is 79.7 cm³/mol. The van der Waals surface area contributed by atoms with E-state index in [9.17, 15) is 22.8 Å². The second kappa shape index (κ2) is 7.47. The van der Waals surface area contributed by atoms with E-state index in [0.717, 1.165) is 25.0 Å². The fourth-order valence-corrected chi connectivity index (χ4v) is 2.66. The smallest absolute Gasteiger partial charge is 0.341 e. The highest BCUT2D eigenvalue weighted by Gasteiger charge is 2.32. The maximum absolute atomic E-state index is 12.5. The van der Waals surface area contributed by atoms with Crippen LogP contribution in [0, 0.1) is 17.2 Å². The molecule has 1 heterocycles. The van der Waals surface area contributed by atoms with E-state index in [1.807, 2.05) is 0 Å². The molecule has 1 atom stereocenters. The molecule has 1 aromatic carbocycles. The number of benzene rings is 1. The van der Waals surface area contributed by atoms with E-state index in [4.69, 9.17) is 5.26 Å². The molecule has 128 valence electrons. The van der Waals surface area contributed by atoms with E-state index in [1.165, 1.54) is 17.0 Å². The van der Waals surface area contributed by atoms with E-state index in [2.05, 4.69) is 0 Å². The molecule has 1 saturated heterocycles. The molecule has 2 rings (SSSR count). The lowest BCUT2D eigenvalue weighted by Crippen LogP contribution is -2.37. The third kappa shape index (κ3) is 4.34. The number of rotatable bonds is 5. The Kier molecular flexibility index (Phi) is 5.60. The first-order chi connectivity index (χ1) is 11.3. The quantitative estimate of drug-likeness (QED) is 0.776. The van der Waals surface area contributed by atoms with Crippen LogP contribution >= 0.6 is 0 Å². The molecule has 0 radical (unpaired) electrons. The number of ketones is 1. The minimum atomic E-state index is -4.40. The molecular formula is C17H17F3N2O2. The number of alkyl halides is 3. The fraction of sp³-hybridized carbons (Fsp3) is 0.471. The van der Waals surface area contributed by atoms with Crippen molar-refractivity contribution in [2.45, 2.75) is 31.9 Å². The molecule has 7 heteroatoms. The Bertz CT molecular complexity index is 641. The van der Waals surface area contributed by atoms with Crippen molar-refractivity contribution < 1.29 is 22.8 Å². The SMILES string of the molecule is N#C[C@H](C(=O)CCc1ccc(C(F)(F)F)cc1)C(=O)N1CCCC1. The van der Waals surface area contributed by atoms with E-state index < -0.39 is 29.3 Å². The molecule has 1 aliphatic rings. The number of carbonyl (C=O) groups excluding carboxylic acids is 2. The minimum absolute atomic E-state index is 0.0524. The van der Waals surface area contributed by atoms with Crippen LogP contribution in [0.25, 0.3) is 0 Å². The van der Waals surface area contributed by atoms with Crippen LogP contribution in [-0.4, -0.2) is 29.7 Å². The van der Waals surface area contributed by atoms with Crippen LogP contribution in [0.1, 0.15) is 30.4 Å². The molecule has 1 amide bonds. The lowest BCUT2D eigenvalue weighted by molar-refractivity contribution is -0.139. The van der Waals surface area contributed by atoms with Crippen LogP contribution < -0.4 is 0 Å². The van der Waals surface area contributed by atoms with Crippen LogP contribution in [0.5, 0.6) is 0 Å². The van der Waals surface area contributed by atoms with Gasteiger partial charge in [0.05, 0.1) is 11.6 Å². The number of likely N-dealkylation sites (tertiary alicyclic amines) is 1. The Morgan fingerprint density at radius 1 is 1.17 bits per heavy atom. The van der Waals surface area contributed by atoms with Gasteiger partial charge in [-0.25, -0.2) is 0 Å². The Balaban J connectivity index is 1.93. The summed E-state index contributed by atoms with van der Waals surface area (Å²) in [7, 11) is 0. The number of hydrogen-bond donors (Lipinski definition) is 0. The molecule has 1 fully saturated rings. The maximum Gasteiger partial charge on any atom is 0.416 e. The van der Waals surface area contributed by atoms with Gasteiger partial charge in [-0.2, -0.15) is 18.4 Å². The Morgan fingerprint density at radius 3 is 2.25 bits per heavy atom. The first-order valence-corrected chi connectivity index (χ1v) is 7.70. The molecule has 0 spiro atoms. The van der Waals surface area contributed by atoms with Gasteiger partial charge in [-0.15, -0.1) is 0 Å². The Morgan fingerprint density at radius 2 is 1.75 bits per heavy atom. The van der Waals surface area contributed by atoms with E-state index >= 15 is 0 Å². The van der Waals surface area contributed by atoms with Crippen LogP contribution in [0.15, 0.2) is 24.3 Å². The van der Waals surface area contributed by atoms with Gasteiger partial charge in [0, 0.05) is 19.5 Å². The molecular weight excluding hydrogens is 321 g/mol. The zero-order valence-electron chi connectivity index (χ0n) is 13.0. The molecule has 0 unspecified atom stereocenters. The van der Waals surface area contributed by atoms with E-state index in [0.29, 0.717) is 18.7 Å². The van der Waals surface area contributed by atoms with Crippen molar-refractivity contribution >= 4 is 11.7 Å². The normalized spacial score (nSPS) is 15.8. The second-order valence-electron chi connectivity index (χ2n) is 5.76. The van der Waals surface area contributed by atoms with E-state index in [1.54, 1.807) is 6.07 Å². The number of nitriles is 1. The summed E-state index contributed by atoms with van der Waals surface area (Å²) in [5.41, 5.74) is -0.196. The third-order valence-electron chi connectivity index (χ3n) is 4.06. The number of hydrogen-bond acceptors (Lipinski definition) is 3. The summed E-state index contributed by atoms with van der Waals surface area (Å²) in [5, 5.41) is 9.11. The van der Waals surface area contributed by atoms with Crippen LogP contribution in [0.2, 0.25) is 0 Å². The number of halogens is 3. The number of carbonyl (C=O) groups is 2. The van der Waals surface area contributed by atoms with Crippen molar-refractivity contribution in [3.05, 3.63) is 35.4 Å². The number of aryl methyl sites for hydroxylation is 1. The molecule has 24 heavy (non-hydrogen) atoms. The topological polar surface area (TPSA) is 61.2 Å². The van der Waals surface area contributed by atoms with Crippen LogP contribution in [0.3, 0.4) is 0 Å². The molecule has 0 aliphatic carbocycles. The van der Waals surface area contributed by atoms with Gasteiger partial charge in [0.2, 0.25) is 5.91 Å². The molecule has 0 saturated carbocycles. The van der Waals surface area contributed by atoms with Gasteiger partial charge in [-0.05, 0) is 37.0 Å². The summed E-state index contributed by atoms with van der Waals surface area (Å²) in [6.07, 6.45) is -2.53. The maximum atomic E-state index is 12.5. The average molecular weight is 338 g/mol. The molecule has 0 bridgehead atoms. The van der Waals surface area contributed by atoms with Crippen molar-refractivity contribution in [2.24, 2.45) is 5.92 Å². The number of Topliss-reactive ketones (excluding diaryl/α,β-unsaturated/α-hetero) is 1. The van der Waals surface area contributed by atoms with Gasteiger partial charge in [-0.1, -0.05) is 12.1 Å². The summed E-state index contributed by atoms with van der Waals surface area (Å²) in [6, 6.07) is 6.28. The first kappa shape index (κ1) is 18.0. The molecule has 1 aromatic rings. The first-order valence-electron chi connectivity index (χ1n) is 7.70. The predicted octanol–water partition coefficient (Wildman–Crippen LogP) is 2.97. The summed E-state index contributed by atoms with van der Waals surface area (Å²) in [6.45, 7) is 1.12. The highest BCUT2D eigenvalue weighted by atomic mass is 19.4. The van der Waals surface area contributed by atoms with Gasteiger partial charge < -0.3 is 4.90 Å². The van der Waals surface area contributed by atoms with Crippen molar-refractivity contribution in [2.75, 3.05) is 13.1 Å². The van der Waals surface area contributed by atoms with Gasteiger partial charge in [-0.3, -0.25) is 9.59 Å². The molecule has 0 aromatic heterocycles. The highest BCUT2D eigenvalue weighted by Crippen LogP contribution is 2.29. The second-order valence-corrected chi connectivity index (χ2v) is 5.76. The summed E-state index contributed by atoms with van der Waals surface area (Å²) >= 11 is 0. The fourth-order valence-electron chi connectivity index (χ4n) is 2.66. The monoisotopic (exact) mass is 338 g/mol. The highest BCUT2D eigenvalue weighted by molar-refractivity contribution is 6.04. The Labute approximate surface area is 137 Å². The Hall–Kier alpha value is -2.36. The third-order valence-corrected chi connectivity index (χ3v) is 4.06. The van der Waals surface area contributed by atoms with Crippen molar-refractivity contribution in [3.8, 4) is 6.07 Å². The molecule has 0 N–H and O–H groups in total. The summed E-state index contributed by atoms with van der Waals surface area (Å²) < 4.78 is 37.5. The zero-order chi connectivity index (χ0) is 17.7. The van der Waals surface area contributed by atoms with Crippen LogP contribution in [-0.2, 0) is 22.2 Å². The molecule has 1 aliphatic heterocycles. The van der Waals surface area contributed by atoms with Gasteiger partial charge in [0.15, 0.2) is 11.7 Å². The zero-order valence-corrected chi connectivity index (χ0v) is 13.0. The van der Waals surface area contributed by atoms with Crippen molar-refractivity contribution in [1.82, 2.24) is 4.90 Å². The standard InChI is InChI=1S/C17H17F3N2O2/c18-17(19,20)13-6-3-12(4-7-13)5-8-15(23)14(11-21)16(24)22-9-1-2-10-22/h3-4,6-7,14H,1-2,5,8-10H2/t14-/m1/s1. The minimum Gasteiger partial charge on any atom is -0.341 e.